The third-order valence-electron chi connectivity index (χ3n) is 10.3. The molecule has 2 saturated heterocycles. The smallest absolute Gasteiger partial charge is 0.229 e. The molecule has 2 fully saturated rings. The van der Waals surface area contributed by atoms with Gasteiger partial charge in [0.05, 0.1) is 19.3 Å². The van der Waals surface area contributed by atoms with E-state index in [1.54, 1.807) is 18.2 Å². The second-order valence-electron chi connectivity index (χ2n) is 14.4. The monoisotopic (exact) mass is 754 g/mol. The van der Waals surface area contributed by atoms with Crippen LogP contribution < -0.4 is 10.1 Å². The maximum absolute atomic E-state index is 12.5. The fraction of sp³-hybridized carbons (Fsp3) is 0.763. The van der Waals surface area contributed by atoms with Crippen molar-refractivity contribution < 1.29 is 64.6 Å². The first-order chi connectivity index (χ1) is 25.5. The van der Waals surface area contributed by atoms with E-state index in [4.69, 9.17) is 18.9 Å². The number of rotatable bonds is 23. The van der Waals surface area contributed by atoms with Crippen LogP contribution in [0.1, 0.15) is 96.0 Å². The summed E-state index contributed by atoms with van der Waals surface area (Å²) in [5.74, 6) is 0.336. The first-order valence-electron chi connectivity index (χ1n) is 19.4. The van der Waals surface area contributed by atoms with E-state index in [1.165, 1.54) is 38.5 Å². The molecule has 1 aromatic heterocycles. The molecule has 1 amide bonds. The molecular formula is C38H62N2O13. The SMILES string of the molecule is CCC(O)CCCCCCCCCCCCC(=O)NCCc1c[nH]c2ccc(O[C@H]3OC(CO[C@H]4OC(CO)[C@@H](O)C(O)C4O)[C@@H](O)C(O)C3O)cc12. The third kappa shape index (κ3) is 12.8. The quantitative estimate of drug-likeness (QED) is 0.0720. The van der Waals surface area contributed by atoms with Gasteiger partial charge in [0.2, 0.25) is 12.2 Å². The molecular weight excluding hydrogens is 692 g/mol. The number of aliphatic hydroxyl groups is 8. The summed E-state index contributed by atoms with van der Waals surface area (Å²) < 4.78 is 22.5. The minimum atomic E-state index is -1.68. The van der Waals surface area contributed by atoms with Gasteiger partial charge in [-0.15, -0.1) is 0 Å². The summed E-state index contributed by atoms with van der Waals surface area (Å²) in [5, 5.41) is 84.9. The van der Waals surface area contributed by atoms with Crippen molar-refractivity contribution in [3.05, 3.63) is 30.0 Å². The van der Waals surface area contributed by atoms with Crippen molar-refractivity contribution >= 4 is 16.8 Å². The summed E-state index contributed by atoms with van der Waals surface area (Å²) in [7, 11) is 0. The Morgan fingerprint density at radius 2 is 1.42 bits per heavy atom. The summed E-state index contributed by atoms with van der Waals surface area (Å²) in [4.78, 5) is 15.7. The number of hydrogen-bond donors (Lipinski definition) is 10. The van der Waals surface area contributed by atoms with Crippen LogP contribution in [0, 0.1) is 0 Å². The maximum atomic E-state index is 12.5. The van der Waals surface area contributed by atoms with E-state index in [-0.39, 0.29) is 12.0 Å². The predicted molar refractivity (Wildman–Crippen MR) is 194 cm³/mol. The normalized spacial score (nSPS) is 29.7. The van der Waals surface area contributed by atoms with Crippen LogP contribution >= 0.6 is 0 Å². The van der Waals surface area contributed by atoms with Gasteiger partial charge < -0.3 is 70.1 Å². The Labute approximate surface area is 311 Å². The number of fused-ring (bicyclic) bond motifs is 1. The molecule has 53 heavy (non-hydrogen) atoms. The zero-order valence-electron chi connectivity index (χ0n) is 30.8. The zero-order chi connectivity index (χ0) is 38.3. The number of unbranched alkanes of at least 4 members (excludes halogenated alkanes) is 9. The number of nitrogens with one attached hydrogen (secondary N) is 2. The Morgan fingerprint density at radius 3 is 2.08 bits per heavy atom. The number of aliphatic hydroxyl groups excluding tert-OH is 8. The van der Waals surface area contributed by atoms with Crippen molar-refractivity contribution in [2.45, 2.75) is 164 Å². The number of aromatic amines is 1. The Hall–Kier alpha value is -2.41. The van der Waals surface area contributed by atoms with Gasteiger partial charge in [0.1, 0.15) is 54.6 Å². The first-order valence-corrected chi connectivity index (χ1v) is 19.4. The molecule has 4 rings (SSSR count). The summed E-state index contributed by atoms with van der Waals surface area (Å²) in [6.45, 7) is 1.36. The van der Waals surface area contributed by atoms with Crippen LogP contribution in [-0.2, 0) is 25.4 Å². The van der Waals surface area contributed by atoms with Crippen molar-refractivity contribution in [2.75, 3.05) is 19.8 Å². The topological polar surface area (TPSA) is 244 Å². The Morgan fingerprint density at radius 1 is 0.811 bits per heavy atom. The lowest BCUT2D eigenvalue weighted by molar-refractivity contribution is -0.323. The van der Waals surface area contributed by atoms with Crippen molar-refractivity contribution in [2.24, 2.45) is 0 Å². The average molecular weight is 755 g/mol. The van der Waals surface area contributed by atoms with Gasteiger partial charge in [-0.1, -0.05) is 64.7 Å². The van der Waals surface area contributed by atoms with Gasteiger partial charge in [0.25, 0.3) is 0 Å². The molecule has 7 unspecified atom stereocenters. The van der Waals surface area contributed by atoms with Crippen molar-refractivity contribution in [3.63, 3.8) is 0 Å². The number of carbonyl (C=O) groups excluding carboxylic acids is 1. The Kier molecular flexibility index (Phi) is 18.2. The lowest BCUT2D eigenvalue weighted by Gasteiger charge is -2.42. The Bertz CT molecular complexity index is 1340. The summed E-state index contributed by atoms with van der Waals surface area (Å²) in [6, 6.07) is 5.18. The van der Waals surface area contributed by atoms with Gasteiger partial charge in [-0.2, -0.15) is 0 Å². The lowest BCUT2D eigenvalue weighted by Crippen LogP contribution is -2.62. The lowest BCUT2D eigenvalue weighted by atomic mass is 9.98. The maximum Gasteiger partial charge on any atom is 0.229 e. The number of aromatic nitrogens is 1. The average Bonchev–Trinajstić information content (AvgIpc) is 3.56. The highest BCUT2D eigenvalue weighted by atomic mass is 16.7. The van der Waals surface area contributed by atoms with Crippen molar-refractivity contribution in [1.82, 2.24) is 10.3 Å². The van der Waals surface area contributed by atoms with Crippen molar-refractivity contribution in [3.8, 4) is 5.75 Å². The number of ether oxygens (including phenoxy) is 4. The van der Waals surface area contributed by atoms with Crippen LogP contribution in [0.25, 0.3) is 10.9 Å². The summed E-state index contributed by atoms with van der Waals surface area (Å²) >= 11 is 0. The van der Waals surface area contributed by atoms with Crippen LogP contribution in [0.4, 0.5) is 0 Å². The number of amides is 1. The minimum Gasteiger partial charge on any atom is -0.462 e. The van der Waals surface area contributed by atoms with E-state index in [2.05, 4.69) is 10.3 Å². The molecule has 11 atom stereocenters. The number of hydrogen-bond acceptors (Lipinski definition) is 13. The molecule has 0 radical (unpaired) electrons. The van der Waals surface area contributed by atoms with E-state index in [1.807, 2.05) is 13.1 Å². The van der Waals surface area contributed by atoms with Gasteiger partial charge >= 0.3 is 0 Å². The number of carbonyl (C=O) groups is 1. The molecule has 0 aliphatic carbocycles. The molecule has 0 spiro atoms. The largest absolute Gasteiger partial charge is 0.462 e. The molecule has 302 valence electrons. The van der Waals surface area contributed by atoms with E-state index < -0.39 is 74.6 Å². The van der Waals surface area contributed by atoms with Gasteiger partial charge in [-0.3, -0.25) is 4.79 Å². The van der Waals surface area contributed by atoms with E-state index >= 15 is 0 Å². The molecule has 2 aromatic rings. The van der Waals surface area contributed by atoms with E-state index in [0.717, 1.165) is 55.0 Å². The molecule has 2 aliphatic rings. The third-order valence-corrected chi connectivity index (χ3v) is 10.3. The summed E-state index contributed by atoms with van der Waals surface area (Å²) in [5.41, 5.74) is 1.77. The molecule has 2 aliphatic heterocycles. The molecule has 0 bridgehead atoms. The Balaban J connectivity index is 1.16. The minimum absolute atomic E-state index is 0.0244. The van der Waals surface area contributed by atoms with Gasteiger partial charge in [0.15, 0.2) is 6.29 Å². The summed E-state index contributed by atoms with van der Waals surface area (Å²) in [6.07, 6.45) is 0.845. The molecule has 15 nitrogen and oxygen atoms in total. The molecule has 3 heterocycles. The van der Waals surface area contributed by atoms with Crippen LogP contribution in [0.5, 0.6) is 5.75 Å². The van der Waals surface area contributed by atoms with E-state index in [0.29, 0.717) is 25.1 Å². The number of benzene rings is 1. The molecule has 15 heteroatoms. The second-order valence-corrected chi connectivity index (χ2v) is 14.4. The predicted octanol–water partition coefficient (Wildman–Crippen LogP) is 1.28. The van der Waals surface area contributed by atoms with Crippen molar-refractivity contribution in [1.29, 1.82) is 0 Å². The molecule has 10 N–H and O–H groups in total. The second kappa shape index (κ2) is 22.2. The standard InChI is InChI=1S/C38H62N2O13/c1-2-24(42)13-11-9-7-5-3-4-6-8-10-12-14-30(43)39-18-17-23-20-40-27-16-15-25(19-26(23)27)51-38-36(49)34(47)32(45)29(53-38)22-50-37-35(48)33(46)31(44)28(21-41)52-37/h15-16,19-20,24,28-29,31-38,40-42,44-49H,2-14,17-18,21-22H2,1H3,(H,39,43)/t24?,28?,29?,31-,32-,33?,34?,35?,36?,37+,38+/m1/s1. The zero-order valence-corrected chi connectivity index (χ0v) is 30.8. The fourth-order valence-electron chi connectivity index (χ4n) is 6.83. The molecule has 1 aromatic carbocycles. The van der Waals surface area contributed by atoms with Gasteiger partial charge in [0, 0.05) is 30.1 Å². The van der Waals surface area contributed by atoms with E-state index in [9.17, 15) is 45.6 Å². The van der Waals surface area contributed by atoms with Crippen LogP contribution in [0.3, 0.4) is 0 Å². The van der Waals surface area contributed by atoms with Gasteiger partial charge in [-0.25, -0.2) is 0 Å². The highest BCUT2D eigenvalue weighted by molar-refractivity contribution is 5.84. The van der Waals surface area contributed by atoms with Crippen LogP contribution in [0.2, 0.25) is 0 Å². The highest BCUT2D eigenvalue weighted by Gasteiger charge is 2.48. The fourth-order valence-corrected chi connectivity index (χ4v) is 6.83. The number of H-pyrrole nitrogens is 1. The van der Waals surface area contributed by atoms with Gasteiger partial charge in [-0.05, 0) is 49.4 Å². The van der Waals surface area contributed by atoms with Crippen LogP contribution in [-0.4, -0.2) is 139 Å². The highest BCUT2D eigenvalue weighted by Crippen LogP contribution is 2.29. The first kappa shape index (κ1) is 43.3. The van der Waals surface area contributed by atoms with Crippen LogP contribution in [0.15, 0.2) is 24.4 Å². The molecule has 0 saturated carbocycles.